The minimum atomic E-state index is -8.79. The van der Waals surface area contributed by atoms with E-state index in [1.54, 1.807) is 0 Å². The first-order valence-electron chi connectivity index (χ1n) is 9.39. The van der Waals surface area contributed by atoms with E-state index in [0.717, 1.165) is 6.92 Å². The summed E-state index contributed by atoms with van der Waals surface area (Å²) in [5.41, 5.74) is -2.11. The van der Waals surface area contributed by atoms with Crippen molar-refractivity contribution in [3.05, 3.63) is 12.2 Å². The largest absolute Gasteiger partial charge is 0.757 e. The fourth-order valence-corrected chi connectivity index (χ4v) is 2.95. The first-order chi connectivity index (χ1) is 16.9. The second-order valence-corrected chi connectivity index (χ2v) is 8.14. The first kappa shape index (κ1) is 37.1. The van der Waals surface area contributed by atoms with Crippen LogP contribution in [-0.2, 0) is 20.9 Å². The molecule has 0 radical (unpaired) electrons. The maximum atomic E-state index is 14.5. The second kappa shape index (κ2) is 10.8. The number of carbonyl (C=O) groups is 1. The lowest BCUT2D eigenvalue weighted by molar-refractivity contribution is -0.463. The van der Waals surface area contributed by atoms with Crippen LogP contribution in [0.15, 0.2) is 12.2 Å². The van der Waals surface area contributed by atoms with Gasteiger partial charge in [-0.3, -0.25) is 4.21 Å². The van der Waals surface area contributed by atoms with E-state index in [9.17, 15) is 88.2 Å². The van der Waals surface area contributed by atoms with Gasteiger partial charge in [-0.1, -0.05) is 18.0 Å². The Morgan fingerprint density at radius 1 is 0.744 bits per heavy atom. The number of hydrogen-bond donors (Lipinski definition) is 0. The van der Waals surface area contributed by atoms with E-state index in [1.165, 1.54) is 0 Å². The Hall–Kier alpha value is -1.91. The molecule has 39 heavy (non-hydrogen) atoms. The predicted molar refractivity (Wildman–Crippen MR) is 91.0 cm³/mol. The van der Waals surface area contributed by atoms with Crippen LogP contribution in [0, 0.1) is 5.92 Å². The summed E-state index contributed by atoms with van der Waals surface area (Å²) in [6.45, 7) is 2.82. The third kappa shape index (κ3) is 5.53. The lowest BCUT2D eigenvalue weighted by Gasteiger charge is -2.44. The van der Waals surface area contributed by atoms with Gasteiger partial charge in [0.05, 0.1) is 17.2 Å². The van der Waals surface area contributed by atoms with Gasteiger partial charge in [0.25, 0.3) is 0 Å². The van der Waals surface area contributed by atoms with Gasteiger partial charge < -0.3 is 9.39 Å². The van der Waals surface area contributed by atoms with E-state index in [0.29, 0.717) is 6.92 Å². The van der Waals surface area contributed by atoms with Gasteiger partial charge in [-0.05, 0) is 13.3 Å². The number of hydroxylamine groups is 1. The van der Waals surface area contributed by atoms with Crippen molar-refractivity contribution in [2.24, 2.45) is 5.92 Å². The van der Waals surface area contributed by atoms with Gasteiger partial charge >= 0.3 is 53.6 Å². The molecule has 5 nitrogen and oxygen atoms in total. The van der Waals surface area contributed by atoms with Crippen molar-refractivity contribution < 1.29 is 93.0 Å². The Balaban J connectivity index is 6.83. The molecule has 0 aliphatic rings. The molecule has 0 saturated carbocycles. The normalized spacial score (nSPS) is 16.7. The average molecular weight is 638 g/mol. The zero-order chi connectivity index (χ0) is 32.0. The van der Waals surface area contributed by atoms with E-state index in [-0.39, 0.29) is 4.47 Å². The molecule has 0 saturated heterocycles. The standard InChI is InChI=1S/C16H14F17NO4S/c1-4-7(6(3)8(35)38-34(5-2)39(36)37)9(17,18)10(19,20)11(21,22)12(23,24)13(25,26)14(27,28)15(29,30)16(31,32)33/h7H,3-5H2,1-2H3,(H,36,37)/p-1. The molecule has 232 valence electrons. The van der Waals surface area contributed by atoms with Crippen molar-refractivity contribution in [1.29, 1.82) is 0 Å². The van der Waals surface area contributed by atoms with Gasteiger partial charge in [0.1, 0.15) is 0 Å². The maximum absolute atomic E-state index is 14.5. The van der Waals surface area contributed by atoms with Gasteiger partial charge in [0.2, 0.25) is 0 Å². The Kier molecular flexibility index (Phi) is 10.3. The first-order valence-corrected chi connectivity index (χ1v) is 10.4. The molecular weight excluding hydrogens is 625 g/mol. The number of nitrogens with zero attached hydrogens (tertiary/aromatic N) is 1. The number of hydrogen-bond acceptors (Lipinski definition) is 4. The number of carbonyl (C=O) groups excluding carboxylic acids is 1. The summed E-state index contributed by atoms with van der Waals surface area (Å²) in [4.78, 5) is 15.7. The molecule has 0 rings (SSSR count). The number of alkyl halides is 17. The topological polar surface area (TPSA) is 69.7 Å². The summed E-state index contributed by atoms with van der Waals surface area (Å²) >= 11 is -3.50. The molecule has 0 aromatic rings. The molecule has 2 unspecified atom stereocenters. The molecule has 23 heteroatoms. The summed E-state index contributed by atoms with van der Waals surface area (Å²) in [7, 11) is 0. The monoisotopic (exact) mass is 638 g/mol. The predicted octanol–water partition coefficient (Wildman–Crippen LogP) is 6.15. The lowest BCUT2D eigenvalue weighted by atomic mass is 9.81. The molecule has 0 bridgehead atoms. The van der Waals surface area contributed by atoms with Crippen molar-refractivity contribution in [2.75, 3.05) is 6.54 Å². The molecule has 2 atom stereocenters. The van der Waals surface area contributed by atoms with Crippen LogP contribution in [0.5, 0.6) is 0 Å². The molecule has 0 heterocycles. The summed E-state index contributed by atoms with van der Waals surface area (Å²) in [5.74, 6) is -64.3. The smallest absolute Gasteiger partial charge is 0.460 e. The van der Waals surface area contributed by atoms with Crippen molar-refractivity contribution in [3.63, 3.8) is 0 Å². The molecule has 0 aliphatic heterocycles. The Morgan fingerprint density at radius 3 is 1.36 bits per heavy atom. The van der Waals surface area contributed by atoms with E-state index >= 15 is 0 Å². The highest BCUT2D eigenvalue weighted by molar-refractivity contribution is 7.76. The quantitative estimate of drug-likeness (QED) is 0.105. The van der Waals surface area contributed by atoms with E-state index in [4.69, 9.17) is 0 Å². The van der Waals surface area contributed by atoms with Crippen LogP contribution >= 0.6 is 0 Å². The highest BCUT2D eigenvalue weighted by atomic mass is 32.2. The molecule has 0 aromatic heterocycles. The fraction of sp³-hybridized carbons (Fsp3) is 0.812. The van der Waals surface area contributed by atoms with Crippen molar-refractivity contribution in [1.82, 2.24) is 4.47 Å². The Morgan fingerprint density at radius 2 is 1.08 bits per heavy atom. The van der Waals surface area contributed by atoms with Crippen LogP contribution in [-0.4, -0.2) is 73.4 Å². The van der Waals surface area contributed by atoms with Gasteiger partial charge in [0, 0.05) is 12.1 Å². The Bertz CT molecular complexity index is 949. The summed E-state index contributed by atoms with van der Waals surface area (Å²) in [5, 5.41) is 0. The van der Waals surface area contributed by atoms with Gasteiger partial charge in [-0.2, -0.15) is 74.6 Å². The highest BCUT2D eigenvalue weighted by Crippen LogP contribution is 2.64. The molecule has 0 amide bonds. The number of halogens is 17. The zero-order valence-electron chi connectivity index (χ0n) is 18.6. The molecule has 0 aliphatic carbocycles. The molecule has 0 aromatic carbocycles. The van der Waals surface area contributed by atoms with Crippen LogP contribution in [0.4, 0.5) is 74.6 Å². The lowest BCUT2D eigenvalue weighted by Crippen LogP contribution is -2.75. The fourth-order valence-electron chi connectivity index (χ4n) is 2.61. The van der Waals surface area contributed by atoms with Crippen molar-refractivity contribution in [3.8, 4) is 0 Å². The van der Waals surface area contributed by atoms with Crippen LogP contribution in [0.2, 0.25) is 0 Å². The Labute approximate surface area is 208 Å². The van der Waals surface area contributed by atoms with Crippen molar-refractivity contribution >= 4 is 17.2 Å². The average Bonchev–Trinajstić information content (AvgIpc) is 2.75. The molecule has 0 fully saturated rings. The number of rotatable bonds is 13. The minimum absolute atomic E-state index is 0.319. The minimum Gasteiger partial charge on any atom is -0.757 e. The molecule has 0 spiro atoms. The summed E-state index contributed by atoms with van der Waals surface area (Å²) < 4.78 is 249. The highest BCUT2D eigenvalue weighted by Gasteiger charge is 2.95. The molecule has 0 N–H and O–H groups in total. The van der Waals surface area contributed by atoms with Crippen LogP contribution in [0.1, 0.15) is 20.3 Å². The van der Waals surface area contributed by atoms with Gasteiger partial charge in [-0.15, -0.1) is 0 Å². The van der Waals surface area contributed by atoms with Crippen molar-refractivity contribution in [2.45, 2.75) is 67.9 Å². The third-order valence-electron chi connectivity index (χ3n) is 4.88. The van der Waals surface area contributed by atoms with Crippen LogP contribution in [0.3, 0.4) is 0 Å². The van der Waals surface area contributed by atoms with E-state index in [2.05, 4.69) is 11.4 Å². The van der Waals surface area contributed by atoms with Crippen LogP contribution in [0.25, 0.3) is 0 Å². The maximum Gasteiger partial charge on any atom is 0.460 e. The molecular formula is C16H13F17NO4S-. The van der Waals surface area contributed by atoms with Gasteiger partial charge in [0.15, 0.2) is 0 Å². The van der Waals surface area contributed by atoms with Crippen LogP contribution < -0.4 is 0 Å². The summed E-state index contributed by atoms with van der Waals surface area (Å²) in [6, 6.07) is 0. The zero-order valence-corrected chi connectivity index (χ0v) is 19.4. The van der Waals surface area contributed by atoms with Gasteiger partial charge in [-0.25, -0.2) is 4.79 Å². The SMILES string of the molecule is C=C(C(=O)ON(CC)S(=O)[O-])C(CC)C(F)(F)C(F)(F)C(F)(F)C(F)(F)C(F)(F)C(F)(F)C(F)(F)C(F)(F)F. The van der Waals surface area contributed by atoms with E-state index in [1.807, 2.05) is 0 Å². The second-order valence-electron chi connectivity index (χ2n) is 7.30. The third-order valence-corrected chi connectivity index (χ3v) is 5.55. The summed E-state index contributed by atoms with van der Waals surface area (Å²) in [6.07, 6.45) is -9.60. The van der Waals surface area contributed by atoms with E-state index < -0.39 is 89.3 Å².